The molecule has 0 aromatic heterocycles. The third-order valence-electron chi connectivity index (χ3n) is 7.16. The molecule has 1 N–H and O–H groups in total. The average Bonchev–Trinajstić information content (AvgIpc) is 2.91. The minimum atomic E-state index is -0.858. The number of anilines is 2. The topological polar surface area (TPSA) is 68.6 Å². The van der Waals surface area contributed by atoms with E-state index in [1.54, 1.807) is 14.0 Å². The van der Waals surface area contributed by atoms with Gasteiger partial charge in [-0.15, -0.1) is 0 Å². The van der Waals surface area contributed by atoms with Crippen molar-refractivity contribution in [3.63, 3.8) is 0 Å². The molecule has 5 rings (SSSR count). The van der Waals surface area contributed by atoms with Crippen LogP contribution in [0.3, 0.4) is 0 Å². The number of rotatable bonds is 5. The van der Waals surface area contributed by atoms with Crippen molar-refractivity contribution in [2.24, 2.45) is 10.9 Å². The first-order chi connectivity index (χ1) is 17.9. The molecule has 3 aromatic carbocycles. The fraction of sp³-hybridized carbons (Fsp3) is 0.310. The fourth-order valence-corrected chi connectivity index (χ4v) is 5.38. The van der Waals surface area contributed by atoms with Crippen molar-refractivity contribution in [2.45, 2.75) is 19.9 Å². The maximum atomic E-state index is 12.4. The van der Waals surface area contributed by atoms with E-state index in [2.05, 4.69) is 20.8 Å². The molecule has 0 spiro atoms. The number of hydrogen-bond donors (Lipinski definition) is 1. The van der Waals surface area contributed by atoms with E-state index in [-0.39, 0.29) is 0 Å². The molecule has 3 aromatic rings. The summed E-state index contributed by atoms with van der Waals surface area (Å²) in [5, 5.41) is 10.9. The number of carbonyl (C=O) groups is 1. The smallest absolute Gasteiger partial charge is 0.308 e. The number of carboxylic acids is 1. The molecule has 0 saturated carbocycles. The van der Waals surface area contributed by atoms with Crippen molar-refractivity contribution in [3.05, 3.63) is 82.9 Å². The zero-order chi connectivity index (χ0) is 26.1. The van der Waals surface area contributed by atoms with Gasteiger partial charge in [0.1, 0.15) is 5.75 Å². The molecule has 192 valence electrons. The summed E-state index contributed by atoms with van der Waals surface area (Å²) in [6.07, 6.45) is 0. The van der Waals surface area contributed by atoms with E-state index >= 15 is 0 Å². The lowest BCUT2D eigenvalue weighted by molar-refractivity contribution is -0.141. The number of hydrogen-bond acceptors (Lipinski definition) is 6. The molecule has 37 heavy (non-hydrogen) atoms. The second kappa shape index (κ2) is 10.3. The van der Waals surface area contributed by atoms with Crippen molar-refractivity contribution in [2.75, 3.05) is 43.1 Å². The highest BCUT2D eigenvalue weighted by molar-refractivity contribution is 6.30. The number of guanidine groups is 1. The van der Waals surface area contributed by atoms with Crippen molar-refractivity contribution in [1.82, 2.24) is 4.90 Å². The molecule has 0 amide bonds. The molecule has 2 unspecified atom stereocenters. The number of fused-ring (bicyclic) bond motifs is 1. The van der Waals surface area contributed by atoms with Crippen molar-refractivity contribution in [1.29, 1.82) is 0 Å². The van der Waals surface area contributed by atoms with Crippen LogP contribution in [-0.2, 0) is 4.79 Å². The summed E-state index contributed by atoms with van der Waals surface area (Å²) in [7, 11) is 1.64. The third-order valence-corrected chi connectivity index (χ3v) is 7.40. The highest BCUT2D eigenvalue weighted by atomic mass is 35.5. The SMILES string of the molecule is COc1ccc(C)cc1N1C(N2CCN(c3cccc(Cl)c3)CC2)=Nc2ccccc2C1C(C)C(=O)O. The zero-order valence-corrected chi connectivity index (χ0v) is 22.0. The Morgan fingerprint density at radius 3 is 2.46 bits per heavy atom. The molecule has 2 aliphatic rings. The molecule has 0 bridgehead atoms. The van der Waals surface area contributed by atoms with Gasteiger partial charge >= 0.3 is 5.97 Å². The van der Waals surface area contributed by atoms with Crippen molar-refractivity contribution >= 4 is 40.6 Å². The number of halogens is 1. The molecular formula is C29H31ClN4O3. The Hall–Kier alpha value is -3.71. The summed E-state index contributed by atoms with van der Waals surface area (Å²) >= 11 is 6.24. The normalized spacial score (nSPS) is 18.2. The van der Waals surface area contributed by atoms with E-state index < -0.39 is 17.9 Å². The Balaban J connectivity index is 1.58. The van der Waals surface area contributed by atoms with E-state index in [9.17, 15) is 9.90 Å². The van der Waals surface area contributed by atoms with Crippen LogP contribution in [0.15, 0.2) is 71.7 Å². The fourth-order valence-electron chi connectivity index (χ4n) is 5.20. The first-order valence-corrected chi connectivity index (χ1v) is 12.8. The molecule has 2 heterocycles. The van der Waals surface area contributed by atoms with E-state index in [1.165, 1.54) is 0 Å². The number of nitrogens with zero attached hydrogens (tertiary/aromatic N) is 4. The number of methoxy groups -OCH3 is 1. The predicted octanol–water partition coefficient (Wildman–Crippen LogP) is 5.75. The maximum absolute atomic E-state index is 12.4. The van der Waals surface area contributed by atoms with Gasteiger partial charge in [-0.2, -0.15) is 0 Å². The number of ether oxygens (including phenoxy) is 1. The number of aliphatic carboxylic acids is 1. The molecule has 1 fully saturated rings. The van der Waals surface area contributed by atoms with Crippen LogP contribution in [0.1, 0.15) is 24.1 Å². The first kappa shape index (κ1) is 25.0. The largest absolute Gasteiger partial charge is 0.495 e. The van der Waals surface area contributed by atoms with Gasteiger partial charge < -0.3 is 24.5 Å². The number of aryl methyl sites for hydroxylation is 1. The molecular weight excluding hydrogens is 488 g/mol. The van der Waals surface area contributed by atoms with Crippen LogP contribution in [-0.4, -0.2) is 55.2 Å². The zero-order valence-electron chi connectivity index (χ0n) is 21.3. The maximum Gasteiger partial charge on any atom is 0.308 e. The molecule has 1 saturated heterocycles. The van der Waals surface area contributed by atoms with Gasteiger partial charge in [0.2, 0.25) is 5.96 Å². The number of benzene rings is 3. The Kier molecular flexibility index (Phi) is 6.98. The summed E-state index contributed by atoms with van der Waals surface area (Å²) in [6.45, 7) is 6.83. The van der Waals surface area contributed by atoms with Crippen LogP contribution in [0.2, 0.25) is 5.02 Å². The lowest BCUT2D eigenvalue weighted by Crippen LogP contribution is -2.56. The second-order valence-corrected chi connectivity index (χ2v) is 9.98. The summed E-state index contributed by atoms with van der Waals surface area (Å²) in [5.74, 6) is -0.127. The van der Waals surface area contributed by atoms with Gasteiger partial charge in [-0.25, -0.2) is 4.99 Å². The van der Waals surface area contributed by atoms with Crippen LogP contribution >= 0.6 is 11.6 Å². The average molecular weight is 519 g/mol. The standard InChI is InChI=1S/C29H31ClN4O3/c1-19-11-12-26(37-3)25(17-19)34-27(20(2)28(35)36)23-9-4-5-10-24(23)31-29(34)33-15-13-32(14-16-33)22-8-6-7-21(30)18-22/h4-12,17-18,20,27H,13-16H2,1-3H3,(H,35,36). The Bertz CT molecular complexity index is 1340. The number of carboxylic acid groups (broad SMARTS) is 1. The molecule has 0 aliphatic carbocycles. The van der Waals surface area contributed by atoms with Crippen LogP contribution < -0.4 is 14.5 Å². The number of aliphatic imine (C=N–C) groups is 1. The quantitative estimate of drug-likeness (QED) is 0.464. The number of para-hydroxylation sites is 1. The minimum absolute atomic E-state index is 0.456. The monoisotopic (exact) mass is 518 g/mol. The summed E-state index contributed by atoms with van der Waals surface area (Å²) in [4.78, 5) is 24.1. The van der Waals surface area contributed by atoms with Gasteiger partial charge in [0.25, 0.3) is 0 Å². The Labute approximate surface area is 222 Å². The molecule has 8 heteroatoms. The Morgan fingerprint density at radius 2 is 1.76 bits per heavy atom. The highest BCUT2D eigenvalue weighted by Gasteiger charge is 2.41. The van der Waals surface area contributed by atoms with Crippen LogP contribution in [0.4, 0.5) is 17.1 Å². The summed E-state index contributed by atoms with van der Waals surface area (Å²) in [6, 6.07) is 21.3. The molecule has 7 nitrogen and oxygen atoms in total. The van der Waals surface area contributed by atoms with Crippen LogP contribution in [0.5, 0.6) is 5.75 Å². The predicted molar refractivity (Wildman–Crippen MR) is 149 cm³/mol. The van der Waals surface area contributed by atoms with Crippen LogP contribution in [0.25, 0.3) is 0 Å². The second-order valence-electron chi connectivity index (χ2n) is 9.54. The minimum Gasteiger partial charge on any atom is -0.495 e. The Morgan fingerprint density at radius 1 is 1.03 bits per heavy atom. The van der Waals surface area contributed by atoms with Crippen LogP contribution in [0, 0.1) is 12.8 Å². The van der Waals surface area contributed by atoms with Gasteiger partial charge in [-0.05, 0) is 55.8 Å². The number of piperazine rings is 1. The lowest BCUT2D eigenvalue weighted by atomic mass is 9.90. The van der Waals surface area contributed by atoms with E-state index in [1.807, 2.05) is 67.6 Å². The lowest BCUT2D eigenvalue weighted by Gasteiger charge is -2.46. The van der Waals surface area contributed by atoms with E-state index in [4.69, 9.17) is 21.3 Å². The van der Waals surface area contributed by atoms with Gasteiger partial charge in [0.05, 0.1) is 30.4 Å². The first-order valence-electron chi connectivity index (χ1n) is 12.5. The van der Waals surface area contributed by atoms with E-state index in [0.29, 0.717) is 5.75 Å². The molecule has 2 atom stereocenters. The van der Waals surface area contributed by atoms with E-state index in [0.717, 1.165) is 65.4 Å². The molecule has 0 radical (unpaired) electrons. The summed E-state index contributed by atoms with van der Waals surface area (Å²) < 4.78 is 5.77. The highest BCUT2D eigenvalue weighted by Crippen LogP contribution is 2.45. The van der Waals surface area contributed by atoms with Gasteiger partial charge in [0, 0.05) is 42.5 Å². The van der Waals surface area contributed by atoms with Gasteiger partial charge in [0.15, 0.2) is 0 Å². The van der Waals surface area contributed by atoms with Crippen molar-refractivity contribution in [3.8, 4) is 5.75 Å². The van der Waals surface area contributed by atoms with Crippen molar-refractivity contribution < 1.29 is 14.6 Å². The van der Waals surface area contributed by atoms with Gasteiger partial charge in [-0.3, -0.25) is 4.79 Å². The summed E-state index contributed by atoms with van der Waals surface area (Å²) in [5.41, 5.74) is 4.66. The molecule has 2 aliphatic heterocycles. The van der Waals surface area contributed by atoms with Gasteiger partial charge in [-0.1, -0.05) is 41.9 Å². The third kappa shape index (κ3) is 4.83.